The van der Waals surface area contributed by atoms with Gasteiger partial charge in [-0.15, -0.1) is 0 Å². The first-order valence-electron chi connectivity index (χ1n) is 12.1. The van der Waals surface area contributed by atoms with E-state index in [1.165, 1.54) is 38.1 Å². The zero-order valence-corrected chi connectivity index (χ0v) is 22.0. The second-order valence-corrected chi connectivity index (χ2v) is 12.9. The number of benzene rings is 1. The van der Waals surface area contributed by atoms with Gasteiger partial charge < -0.3 is 20.4 Å². The van der Waals surface area contributed by atoms with Crippen molar-refractivity contribution < 1.29 is 23.4 Å². The molecule has 1 aliphatic heterocycles. The fourth-order valence-corrected chi connectivity index (χ4v) is 5.83. The van der Waals surface area contributed by atoms with Crippen LogP contribution in [0.1, 0.15) is 69.6 Å². The zero-order chi connectivity index (χ0) is 26.4. The Bertz CT molecular complexity index is 1240. The maximum Gasteiger partial charge on any atom is 0.278 e. The van der Waals surface area contributed by atoms with Gasteiger partial charge in [-0.2, -0.15) is 0 Å². The van der Waals surface area contributed by atoms with Crippen LogP contribution in [0.5, 0.6) is 0 Å². The molecule has 2 heterocycles. The van der Waals surface area contributed by atoms with E-state index in [0.29, 0.717) is 30.0 Å². The summed E-state index contributed by atoms with van der Waals surface area (Å²) < 4.78 is 28.1. The SMILES string of the molecule is CC(C)(C)NS(=O)(=O)c1cccc(NC(=O)c2ncc([C@@](C)(O)CO)nc2N2CCC3(CC2)CC3)c1. The lowest BCUT2D eigenvalue weighted by Gasteiger charge is -2.34. The molecule has 1 aromatic carbocycles. The van der Waals surface area contributed by atoms with E-state index >= 15 is 0 Å². The number of amides is 1. The van der Waals surface area contributed by atoms with Crippen molar-refractivity contribution >= 4 is 27.4 Å². The average molecular weight is 518 g/mol. The number of anilines is 2. The van der Waals surface area contributed by atoms with Crippen molar-refractivity contribution in [3.63, 3.8) is 0 Å². The standard InChI is InChI=1S/C25H35N5O5S/c1-23(2,3)29-36(34,35)18-7-5-6-17(14-18)27-22(32)20-21(28-19(15-26-20)24(4,33)16-31)30-12-10-25(8-9-25)11-13-30/h5-7,14-15,29,31,33H,8-13,16H2,1-4H3,(H,27,32)/t24-/m0/s1. The number of carbonyl (C=O) groups excluding carboxylic acids is 1. The van der Waals surface area contributed by atoms with Crippen LogP contribution in [0.2, 0.25) is 0 Å². The minimum absolute atomic E-state index is 0.0293. The Morgan fingerprint density at radius 2 is 1.81 bits per heavy atom. The van der Waals surface area contributed by atoms with Crippen LogP contribution in [0.15, 0.2) is 35.4 Å². The number of nitrogens with one attached hydrogen (secondary N) is 2. The predicted octanol–water partition coefficient (Wildman–Crippen LogP) is 2.39. The maximum absolute atomic E-state index is 13.3. The van der Waals surface area contributed by atoms with Crippen molar-refractivity contribution in [2.75, 3.05) is 29.9 Å². The molecular formula is C25H35N5O5S. The maximum atomic E-state index is 13.3. The number of rotatable bonds is 7. The summed E-state index contributed by atoms with van der Waals surface area (Å²) in [5.41, 5.74) is -1.31. The third kappa shape index (κ3) is 5.86. The van der Waals surface area contributed by atoms with Gasteiger partial charge in [0, 0.05) is 24.3 Å². The summed E-state index contributed by atoms with van der Waals surface area (Å²) in [7, 11) is -3.79. The molecule has 196 valence electrons. The van der Waals surface area contributed by atoms with E-state index in [-0.39, 0.29) is 16.3 Å². The Balaban J connectivity index is 1.62. The smallest absolute Gasteiger partial charge is 0.278 e. The number of carbonyl (C=O) groups is 1. The molecule has 36 heavy (non-hydrogen) atoms. The normalized spacial score (nSPS) is 19.1. The van der Waals surface area contributed by atoms with Gasteiger partial charge in [0.1, 0.15) is 5.60 Å². The van der Waals surface area contributed by atoms with Crippen LogP contribution in [0.4, 0.5) is 11.5 Å². The van der Waals surface area contributed by atoms with Crippen molar-refractivity contribution in [2.24, 2.45) is 5.41 Å². The van der Waals surface area contributed by atoms with Crippen LogP contribution in [0, 0.1) is 5.41 Å². The number of aliphatic hydroxyl groups is 2. The summed E-state index contributed by atoms with van der Waals surface area (Å²) in [6.45, 7) is 7.57. The molecule has 2 aromatic rings. The van der Waals surface area contributed by atoms with Gasteiger partial charge >= 0.3 is 0 Å². The van der Waals surface area contributed by atoms with Gasteiger partial charge in [0.2, 0.25) is 10.0 Å². The van der Waals surface area contributed by atoms with Gasteiger partial charge in [0.25, 0.3) is 5.91 Å². The number of hydrogen-bond donors (Lipinski definition) is 4. The average Bonchev–Trinajstić information content (AvgIpc) is 3.56. The molecule has 2 aliphatic rings. The minimum Gasteiger partial charge on any atom is -0.393 e. The molecule has 11 heteroatoms. The van der Waals surface area contributed by atoms with Crippen LogP contribution >= 0.6 is 0 Å². The van der Waals surface area contributed by atoms with Gasteiger partial charge in [-0.1, -0.05) is 6.07 Å². The van der Waals surface area contributed by atoms with E-state index in [1.54, 1.807) is 32.9 Å². The van der Waals surface area contributed by atoms with Gasteiger partial charge in [-0.05, 0) is 77.0 Å². The molecule has 10 nitrogen and oxygen atoms in total. The first-order chi connectivity index (χ1) is 16.7. The Morgan fingerprint density at radius 3 is 2.39 bits per heavy atom. The molecule has 1 aliphatic carbocycles. The Labute approximate surface area is 212 Å². The summed E-state index contributed by atoms with van der Waals surface area (Å²) in [6, 6.07) is 6.01. The molecule has 4 N–H and O–H groups in total. The highest BCUT2D eigenvalue weighted by molar-refractivity contribution is 7.89. The van der Waals surface area contributed by atoms with Gasteiger partial charge in [-0.3, -0.25) is 4.79 Å². The van der Waals surface area contributed by atoms with E-state index < -0.39 is 33.7 Å². The third-order valence-corrected chi connectivity index (χ3v) is 8.51. The highest BCUT2D eigenvalue weighted by atomic mass is 32.2. The van der Waals surface area contributed by atoms with E-state index in [9.17, 15) is 23.4 Å². The largest absolute Gasteiger partial charge is 0.393 e. The number of piperidine rings is 1. The lowest BCUT2D eigenvalue weighted by atomic mass is 9.93. The lowest BCUT2D eigenvalue weighted by molar-refractivity contribution is -0.00612. The second-order valence-electron chi connectivity index (χ2n) is 11.2. The first-order valence-corrected chi connectivity index (χ1v) is 13.6. The predicted molar refractivity (Wildman–Crippen MR) is 136 cm³/mol. The number of hydrogen-bond acceptors (Lipinski definition) is 8. The molecule has 1 spiro atoms. The van der Waals surface area contributed by atoms with Gasteiger partial charge in [-0.25, -0.2) is 23.1 Å². The van der Waals surface area contributed by atoms with Crippen molar-refractivity contribution in [1.82, 2.24) is 14.7 Å². The topological polar surface area (TPSA) is 145 Å². The molecule has 2 fully saturated rings. The van der Waals surface area contributed by atoms with Crippen molar-refractivity contribution in [3.8, 4) is 0 Å². The Kier molecular flexibility index (Phi) is 6.89. The quantitative estimate of drug-likeness (QED) is 0.438. The number of aromatic nitrogens is 2. The highest BCUT2D eigenvalue weighted by Gasteiger charge is 2.45. The van der Waals surface area contributed by atoms with Gasteiger partial charge in [0.05, 0.1) is 23.4 Å². The van der Waals surface area contributed by atoms with Crippen molar-refractivity contribution in [3.05, 3.63) is 41.9 Å². The first kappa shape index (κ1) is 26.5. The number of nitrogens with zero attached hydrogens (tertiary/aromatic N) is 3. The molecule has 0 radical (unpaired) electrons. The molecule has 1 saturated carbocycles. The summed E-state index contributed by atoms with van der Waals surface area (Å²) in [5.74, 6) is -0.204. The van der Waals surface area contributed by atoms with Crippen LogP contribution in [0.25, 0.3) is 0 Å². The minimum atomic E-state index is -3.79. The molecule has 0 bridgehead atoms. The van der Waals surface area contributed by atoms with Crippen molar-refractivity contribution in [2.45, 2.75) is 69.4 Å². The van der Waals surface area contributed by atoms with E-state index in [0.717, 1.165) is 12.8 Å². The highest BCUT2D eigenvalue weighted by Crippen LogP contribution is 2.54. The molecule has 1 saturated heterocycles. The summed E-state index contributed by atoms with van der Waals surface area (Å²) >= 11 is 0. The zero-order valence-electron chi connectivity index (χ0n) is 21.2. The van der Waals surface area contributed by atoms with E-state index in [4.69, 9.17) is 0 Å². The summed E-state index contributed by atoms with van der Waals surface area (Å²) in [5, 5.41) is 22.9. The van der Waals surface area contributed by atoms with Crippen molar-refractivity contribution in [1.29, 1.82) is 0 Å². The van der Waals surface area contributed by atoms with Crippen LogP contribution in [0.3, 0.4) is 0 Å². The fourth-order valence-electron chi connectivity index (χ4n) is 4.36. The van der Waals surface area contributed by atoms with Gasteiger partial charge in [0.15, 0.2) is 11.5 Å². The number of aliphatic hydroxyl groups excluding tert-OH is 1. The Hall–Kier alpha value is -2.60. The summed E-state index contributed by atoms with van der Waals surface area (Å²) in [6.07, 6.45) is 5.73. The van der Waals surface area contributed by atoms with Crippen LogP contribution < -0.4 is 14.9 Å². The van der Waals surface area contributed by atoms with E-state index in [1.807, 2.05) is 4.90 Å². The Morgan fingerprint density at radius 1 is 1.14 bits per heavy atom. The van der Waals surface area contributed by atoms with Crippen LogP contribution in [-0.2, 0) is 15.6 Å². The van der Waals surface area contributed by atoms with E-state index in [2.05, 4.69) is 20.0 Å². The fraction of sp³-hybridized carbons (Fsp3) is 0.560. The molecule has 1 amide bonds. The second kappa shape index (κ2) is 9.37. The van der Waals surface area contributed by atoms with Crippen LogP contribution in [-0.4, -0.2) is 59.7 Å². The number of sulfonamides is 1. The third-order valence-electron chi connectivity index (χ3n) is 6.75. The molecule has 1 aromatic heterocycles. The summed E-state index contributed by atoms with van der Waals surface area (Å²) in [4.78, 5) is 24.2. The monoisotopic (exact) mass is 517 g/mol. The molecular weight excluding hydrogens is 482 g/mol. The molecule has 4 rings (SSSR count). The lowest BCUT2D eigenvalue weighted by Crippen LogP contribution is -2.40. The molecule has 1 atom stereocenters. The molecule has 0 unspecified atom stereocenters.